The van der Waals surface area contributed by atoms with E-state index in [0.29, 0.717) is 18.3 Å². The zero-order valence-electron chi connectivity index (χ0n) is 10.5. The molecular formula is C13H18N2O3. The summed E-state index contributed by atoms with van der Waals surface area (Å²) >= 11 is 0. The number of rotatable bonds is 7. The van der Waals surface area contributed by atoms with Crippen molar-refractivity contribution in [3.63, 3.8) is 0 Å². The van der Waals surface area contributed by atoms with Gasteiger partial charge in [-0.05, 0) is 24.8 Å². The fourth-order valence-corrected chi connectivity index (χ4v) is 1.93. The highest BCUT2D eigenvalue weighted by Gasteiger charge is 2.25. The van der Waals surface area contributed by atoms with E-state index in [-0.39, 0.29) is 6.54 Å². The van der Waals surface area contributed by atoms with Crippen molar-refractivity contribution in [2.24, 2.45) is 5.92 Å². The van der Waals surface area contributed by atoms with Crippen molar-refractivity contribution >= 4 is 5.97 Å². The lowest BCUT2D eigenvalue weighted by Gasteiger charge is -2.19. The van der Waals surface area contributed by atoms with E-state index in [1.54, 1.807) is 13.2 Å². The van der Waals surface area contributed by atoms with E-state index in [4.69, 9.17) is 9.84 Å². The van der Waals surface area contributed by atoms with Crippen molar-refractivity contribution in [1.82, 2.24) is 9.88 Å². The van der Waals surface area contributed by atoms with Gasteiger partial charge in [-0.15, -0.1) is 0 Å². The molecule has 1 fully saturated rings. The first kappa shape index (κ1) is 12.8. The van der Waals surface area contributed by atoms with Crippen molar-refractivity contribution < 1.29 is 14.6 Å². The molecule has 0 aromatic carbocycles. The summed E-state index contributed by atoms with van der Waals surface area (Å²) in [6.07, 6.45) is 2.42. The number of hydrogen-bond donors (Lipinski definition) is 1. The molecule has 18 heavy (non-hydrogen) atoms. The van der Waals surface area contributed by atoms with E-state index in [1.807, 2.05) is 17.0 Å². The van der Waals surface area contributed by atoms with Crippen LogP contribution in [0.1, 0.15) is 18.5 Å². The highest BCUT2D eigenvalue weighted by Crippen LogP contribution is 2.30. The smallest absolute Gasteiger partial charge is 0.317 e. The van der Waals surface area contributed by atoms with Crippen molar-refractivity contribution in [3.05, 3.63) is 23.9 Å². The fraction of sp³-hybridized carbons (Fsp3) is 0.538. The van der Waals surface area contributed by atoms with Gasteiger partial charge in [0.1, 0.15) is 0 Å². The third-order valence-corrected chi connectivity index (χ3v) is 2.95. The van der Waals surface area contributed by atoms with E-state index < -0.39 is 5.97 Å². The molecule has 0 atom stereocenters. The van der Waals surface area contributed by atoms with Crippen LogP contribution in [0.5, 0.6) is 5.88 Å². The standard InChI is InChI=1S/C13H18N2O3/c1-18-12-4-2-3-11(14-12)8-15(9-13(16)17)7-10-5-6-10/h2-4,10H,5-9H2,1H3,(H,16,17). The van der Waals surface area contributed by atoms with Crippen molar-refractivity contribution in [3.8, 4) is 5.88 Å². The number of methoxy groups -OCH3 is 1. The minimum Gasteiger partial charge on any atom is -0.481 e. The molecule has 1 heterocycles. The number of hydrogen-bond acceptors (Lipinski definition) is 4. The molecule has 0 bridgehead atoms. The number of aromatic nitrogens is 1. The second kappa shape index (κ2) is 5.82. The van der Waals surface area contributed by atoms with Crippen molar-refractivity contribution in [2.75, 3.05) is 20.2 Å². The van der Waals surface area contributed by atoms with E-state index in [2.05, 4.69) is 4.98 Å². The van der Waals surface area contributed by atoms with Crippen LogP contribution in [0.3, 0.4) is 0 Å². The molecule has 0 unspecified atom stereocenters. The zero-order chi connectivity index (χ0) is 13.0. The lowest BCUT2D eigenvalue weighted by Crippen LogP contribution is -2.31. The Bertz CT molecular complexity index is 418. The third-order valence-electron chi connectivity index (χ3n) is 2.95. The first-order valence-electron chi connectivity index (χ1n) is 6.11. The second-order valence-corrected chi connectivity index (χ2v) is 4.68. The summed E-state index contributed by atoms with van der Waals surface area (Å²) in [5.74, 6) is 0.433. The molecule has 0 radical (unpaired) electrons. The summed E-state index contributed by atoms with van der Waals surface area (Å²) in [5, 5.41) is 8.91. The number of carbonyl (C=O) groups is 1. The number of carboxylic acid groups (broad SMARTS) is 1. The molecule has 2 rings (SSSR count). The van der Waals surface area contributed by atoms with Crippen molar-refractivity contribution in [1.29, 1.82) is 0 Å². The number of pyridine rings is 1. The maximum absolute atomic E-state index is 10.8. The molecule has 5 nitrogen and oxygen atoms in total. The Morgan fingerprint density at radius 2 is 2.33 bits per heavy atom. The number of aliphatic carboxylic acids is 1. The minimum atomic E-state index is -0.793. The van der Waals surface area contributed by atoms with Crippen LogP contribution in [-0.4, -0.2) is 41.2 Å². The van der Waals surface area contributed by atoms with Gasteiger partial charge in [0.15, 0.2) is 0 Å². The molecule has 0 saturated heterocycles. The Hall–Kier alpha value is -1.62. The molecule has 1 saturated carbocycles. The highest BCUT2D eigenvalue weighted by molar-refractivity contribution is 5.69. The van der Waals surface area contributed by atoms with Gasteiger partial charge in [0.05, 0.1) is 19.3 Å². The quantitative estimate of drug-likeness (QED) is 0.792. The van der Waals surface area contributed by atoms with E-state index in [0.717, 1.165) is 12.2 Å². The summed E-state index contributed by atoms with van der Waals surface area (Å²) in [4.78, 5) is 17.1. The molecule has 1 aliphatic carbocycles. The summed E-state index contributed by atoms with van der Waals surface area (Å²) in [7, 11) is 1.57. The predicted octanol–water partition coefficient (Wildman–Crippen LogP) is 1.39. The van der Waals surface area contributed by atoms with Gasteiger partial charge in [0.2, 0.25) is 5.88 Å². The lowest BCUT2D eigenvalue weighted by molar-refractivity contribution is -0.138. The Morgan fingerprint density at radius 3 is 2.94 bits per heavy atom. The lowest BCUT2D eigenvalue weighted by atomic mass is 10.3. The predicted molar refractivity (Wildman–Crippen MR) is 66.4 cm³/mol. The van der Waals surface area contributed by atoms with E-state index in [1.165, 1.54) is 12.8 Å². The van der Waals surface area contributed by atoms with Crippen LogP contribution < -0.4 is 4.74 Å². The molecule has 1 aromatic heterocycles. The average Bonchev–Trinajstić information content (AvgIpc) is 3.12. The minimum absolute atomic E-state index is 0.0649. The molecule has 0 aliphatic heterocycles. The Kier molecular flexibility index (Phi) is 4.15. The molecule has 0 amide bonds. The SMILES string of the molecule is COc1cccc(CN(CC(=O)O)CC2CC2)n1. The number of nitrogens with zero attached hydrogens (tertiary/aromatic N) is 2. The molecule has 1 N–H and O–H groups in total. The van der Waals surface area contributed by atoms with Crippen LogP contribution in [0, 0.1) is 5.92 Å². The van der Waals surface area contributed by atoms with Gasteiger partial charge < -0.3 is 9.84 Å². The molecular weight excluding hydrogens is 232 g/mol. The topological polar surface area (TPSA) is 62.7 Å². The largest absolute Gasteiger partial charge is 0.481 e. The van der Waals surface area contributed by atoms with Crippen LogP contribution in [0.2, 0.25) is 0 Å². The van der Waals surface area contributed by atoms with E-state index in [9.17, 15) is 4.79 Å². The summed E-state index contributed by atoms with van der Waals surface area (Å²) in [6.45, 7) is 1.46. The molecule has 5 heteroatoms. The van der Waals surface area contributed by atoms with Crippen LogP contribution in [0.15, 0.2) is 18.2 Å². The first-order chi connectivity index (χ1) is 8.67. The van der Waals surface area contributed by atoms with Gasteiger partial charge in [0.25, 0.3) is 0 Å². The maximum Gasteiger partial charge on any atom is 0.317 e. The Balaban J connectivity index is 1.98. The molecule has 98 valence electrons. The van der Waals surface area contributed by atoms with Gasteiger partial charge in [0, 0.05) is 19.2 Å². The number of carboxylic acids is 1. The van der Waals surface area contributed by atoms with Gasteiger partial charge in [-0.25, -0.2) is 4.98 Å². The van der Waals surface area contributed by atoms with Crippen LogP contribution in [0.25, 0.3) is 0 Å². The zero-order valence-corrected chi connectivity index (χ0v) is 10.5. The third kappa shape index (κ3) is 4.00. The summed E-state index contributed by atoms with van der Waals surface area (Å²) in [5.41, 5.74) is 0.844. The monoisotopic (exact) mass is 250 g/mol. The van der Waals surface area contributed by atoms with Gasteiger partial charge in [-0.1, -0.05) is 6.07 Å². The van der Waals surface area contributed by atoms with E-state index >= 15 is 0 Å². The fourth-order valence-electron chi connectivity index (χ4n) is 1.93. The average molecular weight is 250 g/mol. The summed E-state index contributed by atoms with van der Waals surface area (Å²) in [6, 6.07) is 5.55. The van der Waals surface area contributed by atoms with Gasteiger partial charge in [-0.2, -0.15) is 0 Å². The molecule has 1 aromatic rings. The van der Waals surface area contributed by atoms with Crippen LogP contribution in [0.4, 0.5) is 0 Å². The first-order valence-corrected chi connectivity index (χ1v) is 6.11. The number of ether oxygens (including phenoxy) is 1. The Morgan fingerprint density at radius 1 is 1.56 bits per heavy atom. The molecule has 0 spiro atoms. The maximum atomic E-state index is 10.8. The van der Waals surface area contributed by atoms with Gasteiger partial charge >= 0.3 is 5.97 Å². The van der Waals surface area contributed by atoms with Gasteiger partial charge in [-0.3, -0.25) is 9.69 Å². The molecule has 1 aliphatic rings. The highest BCUT2D eigenvalue weighted by atomic mass is 16.5. The Labute approximate surface area is 106 Å². The summed E-state index contributed by atoms with van der Waals surface area (Å²) < 4.78 is 5.06. The van der Waals surface area contributed by atoms with Crippen LogP contribution >= 0.6 is 0 Å². The van der Waals surface area contributed by atoms with Crippen LogP contribution in [-0.2, 0) is 11.3 Å². The van der Waals surface area contributed by atoms with Crippen molar-refractivity contribution in [2.45, 2.75) is 19.4 Å². The normalized spacial score (nSPS) is 14.8. The second-order valence-electron chi connectivity index (χ2n) is 4.68.